The Balaban J connectivity index is 1.38. The van der Waals surface area contributed by atoms with Gasteiger partial charge in [0, 0.05) is 27.1 Å². The molecular formula is C32H41N5O3S. The number of anilines is 1. The quantitative estimate of drug-likeness (QED) is 0.257. The van der Waals surface area contributed by atoms with Crippen LogP contribution in [-0.4, -0.2) is 41.2 Å². The lowest BCUT2D eigenvalue weighted by molar-refractivity contribution is 0.527. The number of hydrogen-bond donors (Lipinski definition) is 1. The second-order valence-corrected chi connectivity index (χ2v) is 13.5. The van der Waals surface area contributed by atoms with E-state index in [1.54, 1.807) is 15.3 Å². The largest absolute Gasteiger partial charge is 0.346 e. The van der Waals surface area contributed by atoms with Crippen LogP contribution in [0.15, 0.2) is 77.6 Å². The smallest absolute Gasteiger partial charge is 0.279 e. The number of benzene rings is 3. The van der Waals surface area contributed by atoms with Crippen LogP contribution in [0.1, 0.15) is 56.6 Å². The molecule has 4 rings (SSSR count). The van der Waals surface area contributed by atoms with Crippen LogP contribution in [0.5, 0.6) is 0 Å². The van der Waals surface area contributed by atoms with E-state index in [9.17, 15) is 13.2 Å². The van der Waals surface area contributed by atoms with Crippen LogP contribution < -0.4 is 10.4 Å². The Morgan fingerprint density at radius 1 is 0.878 bits per heavy atom. The molecule has 0 radical (unpaired) electrons. The summed E-state index contributed by atoms with van der Waals surface area (Å²) in [5, 5.41) is 4.69. The van der Waals surface area contributed by atoms with Crippen molar-refractivity contribution in [2.75, 3.05) is 18.8 Å². The number of hydrogen-bond acceptors (Lipinski definition) is 4. The fraction of sp³-hybridized carbons (Fsp3) is 0.375. The monoisotopic (exact) mass is 575 g/mol. The number of rotatable bonds is 11. The average Bonchev–Trinajstić information content (AvgIpc) is 3.22. The van der Waals surface area contributed by atoms with Gasteiger partial charge < -0.3 is 0 Å². The zero-order chi connectivity index (χ0) is 29.8. The average molecular weight is 576 g/mol. The Morgan fingerprint density at radius 3 is 2.15 bits per heavy atom. The zero-order valence-electron chi connectivity index (χ0n) is 24.9. The highest BCUT2D eigenvalue weighted by Crippen LogP contribution is 2.25. The van der Waals surface area contributed by atoms with Gasteiger partial charge in [-0.25, -0.2) is 9.48 Å². The van der Waals surface area contributed by atoms with Crippen molar-refractivity contribution in [2.24, 2.45) is 0 Å². The third kappa shape index (κ3) is 7.54. The Kier molecular flexibility index (Phi) is 9.19. The Morgan fingerprint density at radius 2 is 1.54 bits per heavy atom. The van der Waals surface area contributed by atoms with Gasteiger partial charge in [-0.05, 0) is 65.1 Å². The molecule has 1 aromatic heterocycles. The lowest BCUT2D eigenvalue weighted by Gasteiger charge is -2.19. The Hall–Kier alpha value is -3.69. The van der Waals surface area contributed by atoms with Crippen LogP contribution >= 0.6 is 0 Å². The van der Waals surface area contributed by atoms with Crippen LogP contribution in [0.4, 0.5) is 5.69 Å². The first-order valence-corrected chi connectivity index (χ1v) is 15.5. The highest BCUT2D eigenvalue weighted by atomic mass is 32.2. The van der Waals surface area contributed by atoms with Gasteiger partial charge in [-0.1, -0.05) is 81.4 Å². The number of aromatic nitrogens is 3. The van der Waals surface area contributed by atoms with Crippen molar-refractivity contribution in [3.8, 4) is 11.1 Å². The minimum absolute atomic E-state index is 0.0677. The minimum Gasteiger partial charge on any atom is -0.279 e. The summed E-state index contributed by atoms with van der Waals surface area (Å²) < 4.78 is 31.4. The normalized spacial score (nSPS) is 12.2. The lowest BCUT2D eigenvalue weighted by Crippen LogP contribution is -2.28. The van der Waals surface area contributed by atoms with Crippen LogP contribution in [-0.2, 0) is 41.6 Å². The Labute approximate surface area is 243 Å². The first-order chi connectivity index (χ1) is 19.4. The van der Waals surface area contributed by atoms with Gasteiger partial charge in [-0.15, -0.1) is 0 Å². The predicted molar refractivity (Wildman–Crippen MR) is 167 cm³/mol. The molecule has 0 aliphatic carbocycles. The van der Waals surface area contributed by atoms with Crippen molar-refractivity contribution < 1.29 is 8.42 Å². The molecule has 0 saturated carbocycles. The molecule has 1 heterocycles. The maximum absolute atomic E-state index is 13.0. The van der Waals surface area contributed by atoms with Crippen molar-refractivity contribution in [3.63, 3.8) is 0 Å². The molecule has 0 fully saturated rings. The molecule has 218 valence electrons. The molecule has 0 aliphatic heterocycles. The molecule has 9 heteroatoms. The lowest BCUT2D eigenvalue weighted by atomic mass is 9.87. The summed E-state index contributed by atoms with van der Waals surface area (Å²) in [6.45, 7) is 9.61. The van der Waals surface area contributed by atoms with Gasteiger partial charge in [0.05, 0.1) is 12.2 Å². The predicted octanol–water partition coefficient (Wildman–Crippen LogP) is 5.47. The SMILES string of the molecule is CCn1c(CCCc2ccc(-c3cccc(NS(=O)(=O)N(C)C)c3)cc2)nn(Cc2ccc(C(C)(C)C)cc2)c1=O. The Bertz CT molecular complexity index is 1630. The van der Waals surface area contributed by atoms with Crippen molar-refractivity contribution in [3.05, 3.63) is 106 Å². The maximum atomic E-state index is 13.0. The van der Waals surface area contributed by atoms with Crippen molar-refractivity contribution in [2.45, 2.75) is 65.5 Å². The van der Waals surface area contributed by atoms with Gasteiger partial charge in [0.25, 0.3) is 0 Å². The molecule has 0 spiro atoms. The van der Waals surface area contributed by atoms with Crippen LogP contribution in [0.25, 0.3) is 11.1 Å². The van der Waals surface area contributed by atoms with Crippen LogP contribution in [0.2, 0.25) is 0 Å². The van der Waals surface area contributed by atoms with Gasteiger partial charge in [0.2, 0.25) is 0 Å². The fourth-order valence-electron chi connectivity index (χ4n) is 4.69. The number of nitrogens with zero attached hydrogens (tertiary/aromatic N) is 4. The highest BCUT2D eigenvalue weighted by molar-refractivity contribution is 7.90. The molecule has 0 unspecified atom stereocenters. The summed E-state index contributed by atoms with van der Waals surface area (Å²) in [6.07, 6.45) is 2.45. The van der Waals surface area contributed by atoms with Crippen molar-refractivity contribution >= 4 is 15.9 Å². The third-order valence-corrected chi connectivity index (χ3v) is 8.67. The van der Waals surface area contributed by atoms with Gasteiger partial charge in [-0.2, -0.15) is 17.8 Å². The number of nitrogens with one attached hydrogen (secondary N) is 1. The fourth-order valence-corrected chi connectivity index (χ4v) is 5.30. The molecule has 0 saturated heterocycles. The summed E-state index contributed by atoms with van der Waals surface area (Å²) in [5.74, 6) is 0.817. The van der Waals surface area contributed by atoms with E-state index < -0.39 is 10.2 Å². The summed E-state index contributed by atoms with van der Waals surface area (Å²) in [6, 6.07) is 24.1. The topological polar surface area (TPSA) is 89.2 Å². The summed E-state index contributed by atoms with van der Waals surface area (Å²) in [5.41, 5.74) is 6.00. The second kappa shape index (κ2) is 12.4. The molecule has 8 nitrogen and oxygen atoms in total. The third-order valence-electron chi connectivity index (χ3n) is 7.21. The molecule has 0 aliphatic rings. The van der Waals surface area contributed by atoms with E-state index in [0.717, 1.165) is 46.1 Å². The maximum Gasteiger partial charge on any atom is 0.346 e. The molecule has 0 amide bonds. The van der Waals surface area contributed by atoms with E-state index in [0.29, 0.717) is 18.8 Å². The van der Waals surface area contributed by atoms with Gasteiger partial charge in [-0.3, -0.25) is 9.29 Å². The molecule has 0 bridgehead atoms. The number of aryl methyl sites for hydroxylation is 2. The summed E-state index contributed by atoms with van der Waals surface area (Å²) in [4.78, 5) is 13.0. The van der Waals surface area contributed by atoms with E-state index in [1.165, 1.54) is 25.2 Å². The first-order valence-electron chi connectivity index (χ1n) is 14.0. The molecule has 41 heavy (non-hydrogen) atoms. The summed E-state index contributed by atoms with van der Waals surface area (Å²) >= 11 is 0. The molecule has 3 aromatic carbocycles. The van der Waals surface area contributed by atoms with Gasteiger partial charge in [0.1, 0.15) is 5.82 Å². The zero-order valence-corrected chi connectivity index (χ0v) is 25.7. The van der Waals surface area contributed by atoms with Crippen LogP contribution in [0, 0.1) is 0 Å². The van der Waals surface area contributed by atoms with E-state index in [4.69, 9.17) is 5.10 Å². The molecule has 4 aromatic rings. The minimum atomic E-state index is -3.56. The van der Waals surface area contributed by atoms with Gasteiger partial charge >= 0.3 is 15.9 Å². The van der Waals surface area contributed by atoms with E-state index >= 15 is 0 Å². The van der Waals surface area contributed by atoms with E-state index in [-0.39, 0.29) is 11.1 Å². The summed E-state index contributed by atoms with van der Waals surface area (Å²) in [7, 11) is -0.582. The van der Waals surface area contributed by atoms with Crippen molar-refractivity contribution in [1.82, 2.24) is 18.7 Å². The van der Waals surface area contributed by atoms with E-state index in [1.807, 2.05) is 25.1 Å². The highest BCUT2D eigenvalue weighted by Gasteiger charge is 2.16. The molecule has 1 N–H and O–H groups in total. The van der Waals surface area contributed by atoms with Crippen molar-refractivity contribution in [1.29, 1.82) is 0 Å². The van der Waals surface area contributed by atoms with E-state index in [2.05, 4.69) is 74.0 Å². The first kappa shape index (κ1) is 30.3. The second-order valence-electron chi connectivity index (χ2n) is 11.6. The van der Waals surface area contributed by atoms with Gasteiger partial charge in [0.15, 0.2) is 0 Å². The molecular weight excluding hydrogens is 534 g/mol. The standard InChI is InChI=1S/C32H41N5O3S/c1-7-36-30(33-37(31(36)38)23-25-16-20-28(21-17-25)32(2,3)4)13-8-10-24-14-18-26(19-15-24)27-11-9-12-29(22-27)34-41(39,40)35(5)6/h9,11-12,14-22,34H,7-8,10,13,23H2,1-6H3. The van der Waals surface area contributed by atoms with Crippen LogP contribution in [0.3, 0.4) is 0 Å². The molecule has 0 atom stereocenters.